The van der Waals surface area contributed by atoms with Gasteiger partial charge in [0.25, 0.3) is 0 Å². The number of nitrogens with zero attached hydrogens (tertiary/aromatic N) is 4. The summed E-state index contributed by atoms with van der Waals surface area (Å²) in [6.45, 7) is 1.89. The van der Waals surface area contributed by atoms with Crippen molar-refractivity contribution in [3.63, 3.8) is 0 Å². The van der Waals surface area contributed by atoms with Crippen LogP contribution in [0.3, 0.4) is 0 Å². The Morgan fingerprint density at radius 2 is 1.92 bits per heavy atom. The summed E-state index contributed by atoms with van der Waals surface area (Å²) >= 11 is 5.96. The Hall–Kier alpha value is -3.17. The molecule has 0 unspecified atom stereocenters. The van der Waals surface area contributed by atoms with Gasteiger partial charge in [0.2, 0.25) is 5.91 Å². The van der Waals surface area contributed by atoms with E-state index in [-0.39, 0.29) is 28.6 Å². The maximum Gasteiger partial charge on any atom is 0.226 e. The van der Waals surface area contributed by atoms with E-state index in [1.54, 1.807) is 24.1 Å². The van der Waals surface area contributed by atoms with Crippen molar-refractivity contribution in [2.45, 2.75) is 50.7 Å². The predicted octanol–water partition coefficient (Wildman–Crippen LogP) is 5.66. The van der Waals surface area contributed by atoms with Crippen molar-refractivity contribution < 1.29 is 18.7 Å². The van der Waals surface area contributed by atoms with Gasteiger partial charge in [-0.2, -0.15) is 0 Å². The predicted molar refractivity (Wildman–Crippen MR) is 150 cm³/mol. The van der Waals surface area contributed by atoms with Gasteiger partial charge >= 0.3 is 0 Å². The fraction of sp³-hybridized carbons (Fsp3) is 0.483. The lowest BCUT2D eigenvalue weighted by molar-refractivity contribution is -0.135. The van der Waals surface area contributed by atoms with E-state index in [4.69, 9.17) is 21.1 Å². The highest BCUT2D eigenvalue weighted by molar-refractivity contribution is 6.31. The van der Waals surface area contributed by atoms with Gasteiger partial charge in [0, 0.05) is 38.1 Å². The lowest BCUT2D eigenvalue weighted by atomic mass is 9.88. The SMILES string of the molecule is COc1cc2ncnc(Nc3cccc(Cl)c3F)c2cc1OC1CCC(N2CCC[C@H](C(=O)N(C)C)C2)CC1. The number of ether oxygens (including phenoxy) is 2. The highest BCUT2D eigenvalue weighted by Gasteiger charge is 2.33. The van der Waals surface area contributed by atoms with Crippen molar-refractivity contribution in [3.8, 4) is 11.5 Å². The fourth-order valence-corrected chi connectivity index (χ4v) is 5.93. The Kier molecular flexibility index (Phi) is 8.37. The lowest BCUT2D eigenvalue weighted by Gasteiger charge is -2.41. The van der Waals surface area contributed by atoms with Crippen LogP contribution in [0.5, 0.6) is 11.5 Å². The molecule has 0 radical (unpaired) electrons. The minimum atomic E-state index is -0.543. The number of likely N-dealkylation sites (tertiary alicyclic amines) is 1. The van der Waals surface area contributed by atoms with Crippen LogP contribution in [0.1, 0.15) is 38.5 Å². The summed E-state index contributed by atoms with van der Waals surface area (Å²) in [5, 5.41) is 3.76. The third-order valence-corrected chi connectivity index (χ3v) is 8.11. The number of aromatic nitrogens is 2. The second-order valence-electron chi connectivity index (χ2n) is 10.6. The molecule has 2 aromatic carbocycles. The van der Waals surface area contributed by atoms with Gasteiger partial charge in [-0.3, -0.25) is 9.69 Å². The molecule has 8 nitrogen and oxygen atoms in total. The summed E-state index contributed by atoms with van der Waals surface area (Å²) in [5.74, 6) is 1.42. The molecule has 1 amide bonds. The molecule has 1 aliphatic carbocycles. The molecule has 39 heavy (non-hydrogen) atoms. The smallest absolute Gasteiger partial charge is 0.226 e. The van der Waals surface area contributed by atoms with Crippen LogP contribution in [-0.2, 0) is 4.79 Å². The maximum atomic E-state index is 14.6. The average Bonchev–Trinajstić information content (AvgIpc) is 2.95. The van der Waals surface area contributed by atoms with Crippen molar-refractivity contribution >= 4 is 39.9 Å². The molecule has 1 N–H and O–H groups in total. The Labute approximate surface area is 233 Å². The number of fused-ring (bicyclic) bond motifs is 1. The van der Waals surface area contributed by atoms with Gasteiger partial charge < -0.3 is 19.7 Å². The van der Waals surface area contributed by atoms with Gasteiger partial charge in [-0.05, 0) is 63.3 Å². The monoisotopic (exact) mass is 555 g/mol. The first-order valence-electron chi connectivity index (χ1n) is 13.5. The second-order valence-corrected chi connectivity index (χ2v) is 11.0. The molecule has 1 saturated carbocycles. The zero-order valence-corrected chi connectivity index (χ0v) is 23.4. The van der Waals surface area contributed by atoms with E-state index in [0.717, 1.165) is 51.6 Å². The molecule has 1 aromatic heterocycles. The molecule has 3 aromatic rings. The molecule has 208 valence electrons. The summed E-state index contributed by atoms with van der Waals surface area (Å²) in [6.07, 6.45) is 7.37. The number of anilines is 2. The van der Waals surface area contributed by atoms with E-state index in [1.807, 2.05) is 26.2 Å². The summed E-state index contributed by atoms with van der Waals surface area (Å²) in [7, 11) is 5.28. The van der Waals surface area contributed by atoms with Crippen LogP contribution >= 0.6 is 11.6 Å². The van der Waals surface area contributed by atoms with Crippen molar-refractivity contribution in [2.75, 3.05) is 39.6 Å². The number of hydrogen-bond acceptors (Lipinski definition) is 7. The van der Waals surface area contributed by atoms with Crippen LogP contribution in [0.25, 0.3) is 10.9 Å². The number of carbonyl (C=O) groups excluding carboxylic acids is 1. The first-order chi connectivity index (χ1) is 18.8. The zero-order chi connectivity index (χ0) is 27.5. The van der Waals surface area contributed by atoms with Crippen LogP contribution in [0.4, 0.5) is 15.9 Å². The number of carbonyl (C=O) groups is 1. The number of amides is 1. The number of rotatable bonds is 7. The van der Waals surface area contributed by atoms with Crippen molar-refractivity contribution in [1.82, 2.24) is 19.8 Å². The molecule has 0 spiro atoms. The first-order valence-corrected chi connectivity index (χ1v) is 13.9. The van der Waals surface area contributed by atoms with Gasteiger partial charge in [-0.1, -0.05) is 17.7 Å². The third-order valence-electron chi connectivity index (χ3n) is 7.82. The fourth-order valence-electron chi connectivity index (χ4n) is 5.76. The van der Waals surface area contributed by atoms with Crippen LogP contribution < -0.4 is 14.8 Å². The van der Waals surface area contributed by atoms with Crippen molar-refractivity contribution in [3.05, 3.63) is 47.5 Å². The Morgan fingerprint density at radius 1 is 1.13 bits per heavy atom. The number of hydrogen-bond donors (Lipinski definition) is 1. The number of methoxy groups -OCH3 is 1. The van der Waals surface area contributed by atoms with Crippen LogP contribution in [0.15, 0.2) is 36.7 Å². The summed E-state index contributed by atoms with van der Waals surface area (Å²) in [5.41, 5.74) is 0.876. The molecule has 2 heterocycles. The summed E-state index contributed by atoms with van der Waals surface area (Å²) < 4.78 is 26.7. The van der Waals surface area contributed by atoms with Gasteiger partial charge in [-0.25, -0.2) is 14.4 Å². The number of nitrogens with one attached hydrogen (secondary N) is 1. The normalized spacial score (nSPS) is 21.9. The van der Waals surface area contributed by atoms with Crippen molar-refractivity contribution in [1.29, 1.82) is 0 Å². The number of halogens is 2. The summed E-state index contributed by atoms with van der Waals surface area (Å²) in [6, 6.07) is 8.92. The standard InChI is InChI=1S/C29H35ClFN5O3/c1-35(2)29(37)18-6-5-13-36(16-18)19-9-11-20(12-10-19)39-26-14-21-24(15-25(26)38-3)32-17-33-28(21)34-23-8-4-7-22(30)27(23)31/h4,7-8,14-15,17-20H,5-6,9-13,16H2,1-3H3,(H,32,33,34)/t18-,19?,20?/m0/s1. The average molecular weight is 556 g/mol. The highest BCUT2D eigenvalue weighted by atomic mass is 35.5. The molecular weight excluding hydrogens is 521 g/mol. The van der Waals surface area contributed by atoms with Gasteiger partial charge in [0.05, 0.1) is 35.4 Å². The van der Waals surface area contributed by atoms with Crippen LogP contribution in [-0.4, -0.2) is 72.1 Å². The van der Waals surface area contributed by atoms with Gasteiger partial charge in [-0.15, -0.1) is 0 Å². The largest absolute Gasteiger partial charge is 0.493 e. The Bertz CT molecular complexity index is 1330. The minimum absolute atomic E-state index is 0.0315. The Morgan fingerprint density at radius 3 is 2.67 bits per heavy atom. The molecule has 1 saturated heterocycles. The third kappa shape index (κ3) is 6.04. The van der Waals surface area contributed by atoms with Crippen molar-refractivity contribution in [2.24, 2.45) is 5.92 Å². The zero-order valence-electron chi connectivity index (χ0n) is 22.6. The molecular formula is C29H35ClFN5O3. The van der Waals surface area contributed by atoms with E-state index in [9.17, 15) is 9.18 Å². The van der Waals surface area contributed by atoms with E-state index < -0.39 is 5.82 Å². The van der Waals surface area contributed by atoms with E-state index in [1.165, 1.54) is 12.4 Å². The number of piperidine rings is 1. The van der Waals surface area contributed by atoms with Gasteiger partial charge in [0.15, 0.2) is 17.3 Å². The molecule has 0 bridgehead atoms. The molecule has 2 fully saturated rings. The highest BCUT2D eigenvalue weighted by Crippen LogP contribution is 2.38. The van der Waals surface area contributed by atoms with E-state index in [0.29, 0.717) is 34.3 Å². The Balaban J connectivity index is 1.29. The summed E-state index contributed by atoms with van der Waals surface area (Å²) in [4.78, 5) is 25.5. The van der Waals surface area contributed by atoms with Crippen LogP contribution in [0.2, 0.25) is 5.02 Å². The first kappa shape index (κ1) is 27.4. The molecule has 1 aliphatic heterocycles. The maximum absolute atomic E-state index is 14.6. The van der Waals surface area contributed by atoms with Gasteiger partial charge in [0.1, 0.15) is 12.1 Å². The number of benzene rings is 2. The molecule has 5 rings (SSSR count). The second kappa shape index (κ2) is 11.9. The topological polar surface area (TPSA) is 79.8 Å². The minimum Gasteiger partial charge on any atom is -0.493 e. The molecule has 1 atom stereocenters. The lowest BCUT2D eigenvalue weighted by Crippen LogP contribution is -2.48. The van der Waals surface area contributed by atoms with E-state index in [2.05, 4.69) is 20.2 Å². The van der Waals surface area contributed by atoms with Crippen LogP contribution in [0, 0.1) is 11.7 Å². The molecule has 10 heteroatoms. The molecule has 2 aliphatic rings. The van der Waals surface area contributed by atoms with E-state index >= 15 is 0 Å². The quantitative estimate of drug-likeness (QED) is 0.402.